The molecule has 4 rings (SSSR count). The Balaban J connectivity index is 1.64. The number of amides is 3. The van der Waals surface area contributed by atoms with E-state index in [-0.39, 0.29) is 17.6 Å². The Hall–Kier alpha value is -3.40. The van der Waals surface area contributed by atoms with Crippen molar-refractivity contribution in [3.05, 3.63) is 70.9 Å². The Labute approximate surface area is 213 Å². The van der Waals surface area contributed by atoms with Crippen LogP contribution in [-0.2, 0) is 4.79 Å². The highest BCUT2D eigenvalue weighted by molar-refractivity contribution is 8.13. The first-order chi connectivity index (χ1) is 17.3. The van der Waals surface area contributed by atoms with Crippen molar-refractivity contribution in [3.63, 3.8) is 0 Å². The van der Waals surface area contributed by atoms with Crippen LogP contribution in [0.5, 0.6) is 0 Å². The molecule has 190 valence electrons. The van der Waals surface area contributed by atoms with Gasteiger partial charge in [0, 0.05) is 37.1 Å². The van der Waals surface area contributed by atoms with Gasteiger partial charge in [-0.1, -0.05) is 23.9 Å². The Morgan fingerprint density at radius 3 is 2.64 bits per heavy atom. The number of hydrogen-bond acceptors (Lipinski definition) is 5. The predicted molar refractivity (Wildman–Crippen MR) is 140 cm³/mol. The van der Waals surface area contributed by atoms with Gasteiger partial charge in [-0.3, -0.25) is 4.79 Å². The van der Waals surface area contributed by atoms with E-state index in [9.17, 15) is 18.4 Å². The minimum absolute atomic E-state index is 0.0521. The molecule has 0 bridgehead atoms. The van der Waals surface area contributed by atoms with E-state index in [4.69, 9.17) is 4.99 Å². The van der Waals surface area contributed by atoms with Crippen molar-refractivity contribution in [2.45, 2.75) is 33.2 Å². The summed E-state index contributed by atoms with van der Waals surface area (Å²) >= 11 is 1.68. The third kappa shape index (κ3) is 5.38. The number of likely N-dealkylation sites (N-methyl/N-ethyl adjacent to an activating group) is 1. The lowest BCUT2D eigenvalue weighted by Gasteiger charge is -2.41. The molecule has 1 saturated heterocycles. The van der Waals surface area contributed by atoms with Crippen molar-refractivity contribution in [2.24, 2.45) is 4.99 Å². The van der Waals surface area contributed by atoms with Crippen LogP contribution in [0.2, 0.25) is 0 Å². The molecule has 0 radical (unpaired) electrons. The molecule has 1 unspecified atom stereocenters. The van der Waals surface area contributed by atoms with Gasteiger partial charge in [-0.2, -0.15) is 0 Å². The van der Waals surface area contributed by atoms with Crippen molar-refractivity contribution in [3.8, 4) is 0 Å². The van der Waals surface area contributed by atoms with Gasteiger partial charge in [0.25, 0.3) is 5.91 Å². The second-order valence-corrected chi connectivity index (χ2v) is 9.56. The van der Waals surface area contributed by atoms with Crippen LogP contribution in [0.3, 0.4) is 0 Å². The van der Waals surface area contributed by atoms with Crippen LogP contribution in [-0.4, -0.2) is 52.3 Å². The number of urea groups is 1. The zero-order valence-corrected chi connectivity index (χ0v) is 21.3. The summed E-state index contributed by atoms with van der Waals surface area (Å²) < 4.78 is 27.1. The van der Waals surface area contributed by atoms with Crippen molar-refractivity contribution < 1.29 is 18.4 Å². The Morgan fingerprint density at radius 2 is 1.92 bits per heavy atom. The molecular formula is C26H29F2N5O2S. The fourth-order valence-corrected chi connectivity index (χ4v) is 5.45. The van der Waals surface area contributed by atoms with E-state index in [1.165, 1.54) is 0 Å². The molecule has 36 heavy (non-hydrogen) atoms. The monoisotopic (exact) mass is 513 g/mol. The Morgan fingerprint density at radius 1 is 1.14 bits per heavy atom. The number of carbonyl (C=O) groups is 2. The third-order valence-corrected chi connectivity index (χ3v) is 7.26. The zero-order valence-electron chi connectivity index (χ0n) is 20.5. The third-order valence-electron chi connectivity index (χ3n) is 6.18. The van der Waals surface area contributed by atoms with E-state index >= 15 is 0 Å². The molecule has 10 heteroatoms. The second kappa shape index (κ2) is 11.1. The van der Waals surface area contributed by atoms with Crippen LogP contribution >= 0.6 is 11.8 Å². The highest BCUT2D eigenvalue weighted by atomic mass is 32.2. The van der Waals surface area contributed by atoms with E-state index in [0.717, 1.165) is 41.6 Å². The lowest BCUT2D eigenvalue weighted by molar-refractivity contribution is -0.127. The molecular weight excluding hydrogens is 484 g/mol. The Kier molecular flexibility index (Phi) is 7.93. The average Bonchev–Trinajstić information content (AvgIpc) is 2.85. The van der Waals surface area contributed by atoms with Gasteiger partial charge in [-0.05, 0) is 57.0 Å². The SMILES string of the molecule is CCN(CC)C(=O)C1=C(C)N=C2SCCCN2C1c1cccc(NC(=O)Nc2ccc(F)cc2F)c1. The number of nitrogens with one attached hydrogen (secondary N) is 2. The van der Waals surface area contributed by atoms with E-state index in [1.807, 2.05) is 32.9 Å². The lowest BCUT2D eigenvalue weighted by Crippen LogP contribution is -2.45. The molecule has 0 aromatic heterocycles. The van der Waals surface area contributed by atoms with E-state index in [2.05, 4.69) is 15.5 Å². The number of thioether (sulfide) groups is 1. The van der Waals surface area contributed by atoms with Gasteiger partial charge in [0.2, 0.25) is 0 Å². The normalized spacial score (nSPS) is 17.3. The summed E-state index contributed by atoms with van der Waals surface area (Å²) in [6, 6.07) is 9.20. The van der Waals surface area contributed by atoms with Crippen molar-refractivity contribution >= 4 is 40.2 Å². The number of allylic oxidation sites excluding steroid dienone is 1. The number of nitrogens with zero attached hydrogens (tertiary/aromatic N) is 3. The summed E-state index contributed by atoms with van der Waals surface area (Å²) in [6.45, 7) is 7.72. The highest BCUT2D eigenvalue weighted by Gasteiger charge is 2.38. The molecule has 1 atom stereocenters. The molecule has 3 amide bonds. The van der Waals surface area contributed by atoms with Gasteiger partial charge >= 0.3 is 6.03 Å². The van der Waals surface area contributed by atoms with Gasteiger partial charge in [0.1, 0.15) is 11.6 Å². The molecule has 0 spiro atoms. The number of benzene rings is 2. The van der Waals surface area contributed by atoms with Gasteiger partial charge in [0.05, 0.1) is 23.0 Å². The van der Waals surface area contributed by atoms with E-state index in [0.29, 0.717) is 36.1 Å². The summed E-state index contributed by atoms with van der Waals surface area (Å²) in [6.07, 6.45) is 0.968. The summed E-state index contributed by atoms with van der Waals surface area (Å²) in [5, 5.41) is 6.00. The number of hydrogen-bond donors (Lipinski definition) is 2. The highest BCUT2D eigenvalue weighted by Crippen LogP contribution is 2.40. The number of anilines is 2. The molecule has 2 heterocycles. The van der Waals surface area contributed by atoms with Crippen LogP contribution < -0.4 is 10.6 Å². The van der Waals surface area contributed by atoms with Crippen LogP contribution in [0.1, 0.15) is 38.8 Å². The van der Waals surface area contributed by atoms with Crippen molar-refractivity contribution in [1.29, 1.82) is 0 Å². The quantitative estimate of drug-likeness (QED) is 0.527. The molecule has 0 aliphatic carbocycles. The molecule has 2 aromatic rings. The number of fused-ring (bicyclic) bond motifs is 1. The number of carbonyl (C=O) groups excluding carboxylic acids is 2. The maximum atomic E-state index is 14.0. The standard InChI is InChI=1S/C26H29F2N5O2S/c1-4-32(5-2)24(34)22-16(3)29-26-33(12-7-13-36-26)23(22)17-8-6-9-19(14-17)30-25(35)31-21-11-10-18(27)15-20(21)28/h6,8-11,14-15,23H,4-5,7,12-13H2,1-3H3,(H2,30,31,35). The molecule has 2 aromatic carbocycles. The molecule has 1 fully saturated rings. The Bertz CT molecular complexity index is 1230. The number of amidine groups is 1. The topological polar surface area (TPSA) is 77.0 Å². The number of halogens is 2. The maximum absolute atomic E-state index is 14.0. The molecule has 0 saturated carbocycles. The minimum atomic E-state index is -0.865. The molecule has 2 N–H and O–H groups in total. The molecule has 2 aliphatic heterocycles. The summed E-state index contributed by atoms with van der Waals surface area (Å²) in [5.74, 6) is -0.675. The van der Waals surface area contributed by atoms with Crippen LogP contribution in [0.15, 0.2) is 58.7 Å². The first kappa shape index (κ1) is 25.7. The summed E-state index contributed by atoms with van der Waals surface area (Å²) in [7, 11) is 0. The maximum Gasteiger partial charge on any atom is 0.323 e. The smallest absolute Gasteiger partial charge is 0.323 e. The van der Waals surface area contributed by atoms with Crippen LogP contribution in [0, 0.1) is 11.6 Å². The van der Waals surface area contributed by atoms with Gasteiger partial charge in [0.15, 0.2) is 5.17 Å². The van der Waals surface area contributed by atoms with Crippen molar-refractivity contribution in [2.75, 3.05) is 36.0 Å². The van der Waals surface area contributed by atoms with Crippen LogP contribution in [0.25, 0.3) is 0 Å². The van der Waals surface area contributed by atoms with Gasteiger partial charge in [-0.15, -0.1) is 0 Å². The summed E-state index contributed by atoms with van der Waals surface area (Å²) in [4.78, 5) is 34.8. The minimum Gasteiger partial charge on any atom is -0.340 e. The second-order valence-electron chi connectivity index (χ2n) is 8.50. The largest absolute Gasteiger partial charge is 0.340 e. The van der Waals surface area contributed by atoms with E-state index in [1.54, 1.807) is 28.8 Å². The summed E-state index contributed by atoms with van der Waals surface area (Å²) in [5.41, 5.74) is 2.51. The lowest BCUT2D eigenvalue weighted by atomic mass is 9.93. The zero-order chi connectivity index (χ0) is 25.8. The van der Waals surface area contributed by atoms with Crippen molar-refractivity contribution in [1.82, 2.24) is 9.80 Å². The fourth-order valence-electron chi connectivity index (χ4n) is 4.43. The molecule has 7 nitrogen and oxygen atoms in total. The number of rotatable bonds is 6. The predicted octanol–water partition coefficient (Wildman–Crippen LogP) is 5.60. The first-order valence-corrected chi connectivity index (χ1v) is 12.9. The number of aliphatic imine (C=N–C) groups is 1. The average molecular weight is 514 g/mol. The fraction of sp³-hybridized carbons (Fsp3) is 0.346. The first-order valence-electron chi connectivity index (χ1n) is 11.9. The van der Waals surface area contributed by atoms with Gasteiger partial charge in [-0.25, -0.2) is 18.6 Å². The van der Waals surface area contributed by atoms with E-state index < -0.39 is 17.7 Å². The van der Waals surface area contributed by atoms with Crippen LogP contribution in [0.4, 0.5) is 25.0 Å². The molecule has 2 aliphatic rings. The van der Waals surface area contributed by atoms with Gasteiger partial charge < -0.3 is 20.4 Å².